The van der Waals surface area contributed by atoms with E-state index in [4.69, 9.17) is 4.74 Å². The molecule has 5 atom stereocenters. The highest BCUT2D eigenvalue weighted by atomic mass is 16.6. The zero-order valence-electron chi connectivity index (χ0n) is 12.7. The molecule has 4 heteroatoms. The number of aliphatic hydroxyl groups excluding tert-OH is 2. The summed E-state index contributed by atoms with van der Waals surface area (Å²) in [4.78, 5) is 11.4. The van der Waals surface area contributed by atoms with Gasteiger partial charge >= 0.3 is 5.97 Å². The third-order valence-electron chi connectivity index (χ3n) is 5.12. The number of aliphatic hydroxyl groups is 2. The Morgan fingerprint density at radius 2 is 2.00 bits per heavy atom. The van der Waals surface area contributed by atoms with Crippen molar-refractivity contribution in [2.45, 2.75) is 56.8 Å². The second kappa shape index (κ2) is 6.80. The van der Waals surface area contributed by atoms with E-state index in [9.17, 15) is 15.0 Å². The van der Waals surface area contributed by atoms with Gasteiger partial charge in [0.15, 0.2) is 0 Å². The molecule has 0 amide bonds. The number of ether oxygens (including phenoxy) is 1. The van der Waals surface area contributed by atoms with Crippen molar-refractivity contribution in [2.24, 2.45) is 11.8 Å². The van der Waals surface area contributed by atoms with E-state index in [2.05, 4.69) is 12.1 Å². The minimum atomic E-state index is -0.399. The Morgan fingerprint density at radius 3 is 2.77 bits per heavy atom. The van der Waals surface area contributed by atoms with Crippen molar-refractivity contribution < 1.29 is 19.7 Å². The molecule has 0 bridgehead atoms. The van der Waals surface area contributed by atoms with Crippen LogP contribution in [0.2, 0.25) is 0 Å². The fourth-order valence-corrected chi connectivity index (χ4v) is 3.89. The van der Waals surface area contributed by atoms with Crippen LogP contribution >= 0.6 is 0 Å². The van der Waals surface area contributed by atoms with Crippen LogP contribution in [0.4, 0.5) is 0 Å². The van der Waals surface area contributed by atoms with Gasteiger partial charge in [0, 0.05) is 12.3 Å². The molecule has 2 fully saturated rings. The van der Waals surface area contributed by atoms with E-state index in [-0.39, 0.29) is 30.0 Å². The van der Waals surface area contributed by atoms with E-state index in [0.29, 0.717) is 19.3 Å². The van der Waals surface area contributed by atoms with Crippen LogP contribution in [0.15, 0.2) is 30.3 Å². The highest BCUT2D eigenvalue weighted by Crippen LogP contribution is 2.43. The Bertz CT molecular complexity index is 501. The predicted octanol–water partition coefficient (Wildman–Crippen LogP) is 2.07. The van der Waals surface area contributed by atoms with Crippen LogP contribution in [0, 0.1) is 11.8 Å². The summed E-state index contributed by atoms with van der Waals surface area (Å²) in [6.45, 7) is 0. The van der Waals surface area contributed by atoms with Gasteiger partial charge in [0.25, 0.3) is 0 Å². The van der Waals surface area contributed by atoms with E-state index >= 15 is 0 Å². The molecule has 4 nitrogen and oxygen atoms in total. The van der Waals surface area contributed by atoms with Crippen LogP contribution in [0.25, 0.3) is 0 Å². The molecule has 1 aromatic rings. The molecular formula is C18H24O4. The zero-order chi connectivity index (χ0) is 15.5. The van der Waals surface area contributed by atoms with Crippen molar-refractivity contribution >= 4 is 5.97 Å². The Balaban J connectivity index is 1.44. The third kappa shape index (κ3) is 3.50. The van der Waals surface area contributed by atoms with Crippen LogP contribution < -0.4 is 0 Å². The van der Waals surface area contributed by atoms with Gasteiger partial charge in [0.2, 0.25) is 0 Å². The standard InChI is InChI=1S/C18H24O4/c19-13(7-6-12-4-2-1-3-5-12)8-9-14-15-10-18(21)22-17(15)11-16(14)20/h1-5,13-17,19-20H,6-11H2/t13-,14?,15+,16?,17?/m0/s1. The van der Waals surface area contributed by atoms with Gasteiger partial charge in [-0.25, -0.2) is 0 Å². The minimum Gasteiger partial charge on any atom is -0.462 e. The first-order chi connectivity index (χ1) is 10.6. The Labute approximate surface area is 131 Å². The number of carbonyl (C=O) groups excluding carboxylic acids is 1. The first-order valence-corrected chi connectivity index (χ1v) is 8.23. The molecule has 0 aromatic heterocycles. The van der Waals surface area contributed by atoms with Crippen LogP contribution in [-0.4, -0.2) is 34.5 Å². The number of benzene rings is 1. The number of carbonyl (C=O) groups is 1. The maximum atomic E-state index is 11.4. The van der Waals surface area contributed by atoms with Crippen molar-refractivity contribution in [3.05, 3.63) is 35.9 Å². The van der Waals surface area contributed by atoms with E-state index in [0.717, 1.165) is 19.3 Å². The highest BCUT2D eigenvalue weighted by Gasteiger charge is 2.49. The first kappa shape index (κ1) is 15.5. The molecular weight excluding hydrogens is 280 g/mol. The molecule has 2 N–H and O–H groups in total. The highest BCUT2D eigenvalue weighted by molar-refractivity contribution is 5.72. The second-order valence-electron chi connectivity index (χ2n) is 6.62. The average molecular weight is 304 g/mol. The molecule has 1 saturated carbocycles. The molecule has 1 aliphatic heterocycles. The second-order valence-corrected chi connectivity index (χ2v) is 6.62. The van der Waals surface area contributed by atoms with Crippen molar-refractivity contribution in [1.82, 2.24) is 0 Å². The number of hydrogen-bond acceptors (Lipinski definition) is 4. The first-order valence-electron chi connectivity index (χ1n) is 8.23. The molecule has 1 aliphatic carbocycles. The quantitative estimate of drug-likeness (QED) is 0.790. The lowest BCUT2D eigenvalue weighted by Gasteiger charge is -2.20. The largest absolute Gasteiger partial charge is 0.462 e. The smallest absolute Gasteiger partial charge is 0.306 e. The maximum Gasteiger partial charge on any atom is 0.306 e. The van der Waals surface area contributed by atoms with E-state index in [1.807, 2.05) is 18.2 Å². The molecule has 22 heavy (non-hydrogen) atoms. The van der Waals surface area contributed by atoms with E-state index in [1.54, 1.807) is 0 Å². The number of aryl methyl sites for hydroxylation is 1. The molecule has 1 aromatic carbocycles. The lowest BCUT2D eigenvalue weighted by Crippen LogP contribution is -2.22. The molecule has 2 aliphatic rings. The summed E-state index contributed by atoms with van der Waals surface area (Å²) < 4.78 is 5.24. The summed E-state index contributed by atoms with van der Waals surface area (Å²) in [7, 11) is 0. The lowest BCUT2D eigenvalue weighted by atomic mass is 9.87. The fraction of sp³-hybridized carbons (Fsp3) is 0.611. The summed E-state index contributed by atoms with van der Waals surface area (Å²) in [6, 6.07) is 10.1. The van der Waals surface area contributed by atoms with Crippen LogP contribution in [-0.2, 0) is 16.0 Å². The predicted molar refractivity (Wildman–Crippen MR) is 82.1 cm³/mol. The Kier molecular flexibility index (Phi) is 4.79. The minimum absolute atomic E-state index is 0.0859. The van der Waals surface area contributed by atoms with Crippen LogP contribution in [0.3, 0.4) is 0 Å². The number of esters is 1. The lowest BCUT2D eigenvalue weighted by molar-refractivity contribution is -0.141. The average Bonchev–Trinajstić information content (AvgIpc) is 2.99. The SMILES string of the molecule is O=C1C[C@H]2C(CC(O)C2CC[C@@H](O)CCc2ccccc2)O1. The van der Waals surface area contributed by atoms with Gasteiger partial charge in [-0.05, 0) is 37.2 Å². The summed E-state index contributed by atoms with van der Waals surface area (Å²) in [5, 5.41) is 20.3. The van der Waals surface area contributed by atoms with Crippen molar-refractivity contribution in [3.63, 3.8) is 0 Å². The van der Waals surface area contributed by atoms with Crippen molar-refractivity contribution in [3.8, 4) is 0 Å². The Morgan fingerprint density at radius 1 is 1.23 bits per heavy atom. The van der Waals surface area contributed by atoms with E-state index in [1.165, 1.54) is 5.56 Å². The molecule has 3 unspecified atom stereocenters. The van der Waals surface area contributed by atoms with Gasteiger partial charge in [-0.2, -0.15) is 0 Å². The normalized spacial score (nSPS) is 31.8. The molecule has 1 saturated heterocycles. The number of hydrogen-bond donors (Lipinski definition) is 2. The summed E-state index contributed by atoms with van der Waals surface area (Å²) in [5.41, 5.74) is 1.23. The number of rotatable bonds is 6. The topological polar surface area (TPSA) is 66.8 Å². The van der Waals surface area contributed by atoms with E-state index < -0.39 is 6.10 Å². The molecule has 0 radical (unpaired) electrons. The monoisotopic (exact) mass is 304 g/mol. The van der Waals surface area contributed by atoms with Gasteiger partial charge in [-0.15, -0.1) is 0 Å². The van der Waals surface area contributed by atoms with Gasteiger partial charge in [-0.1, -0.05) is 30.3 Å². The summed E-state index contributed by atoms with van der Waals surface area (Å²) in [6.07, 6.45) is 3.15. The molecule has 3 rings (SSSR count). The maximum absolute atomic E-state index is 11.4. The van der Waals surface area contributed by atoms with Gasteiger partial charge in [-0.3, -0.25) is 4.79 Å². The molecule has 120 valence electrons. The van der Waals surface area contributed by atoms with Gasteiger partial charge in [0.1, 0.15) is 6.10 Å². The van der Waals surface area contributed by atoms with Gasteiger partial charge < -0.3 is 14.9 Å². The molecule has 0 spiro atoms. The van der Waals surface area contributed by atoms with Crippen molar-refractivity contribution in [1.29, 1.82) is 0 Å². The van der Waals surface area contributed by atoms with Crippen molar-refractivity contribution in [2.75, 3.05) is 0 Å². The van der Waals surface area contributed by atoms with Crippen LogP contribution in [0.5, 0.6) is 0 Å². The van der Waals surface area contributed by atoms with Gasteiger partial charge in [0.05, 0.1) is 18.6 Å². The molecule has 1 heterocycles. The summed E-state index contributed by atoms with van der Waals surface area (Å²) >= 11 is 0. The zero-order valence-corrected chi connectivity index (χ0v) is 12.7. The fourth-order valence-electron chi connectivity index (χ4n) is 3.89. The summed E-state index contributed by atoms with van der Waals surface area (Å²) in [5.74, 6) is 0.0863. The number of fused-ring (bicyclic) bond motifs is 1. The Hall–Kier alpha value is -1.39. The third-order valence-corrected chi connectivity index (χ3v) is 5.12. The van der Waals surface area contributed by atoms with Crippen LogP contribution in [0.1, 0.15) is 37.7 Å².